The van der Waals surface area contributed by atoms with Crippen LogP contribution in [0.1, 0.15) is 24.2 Å². The molecule has 2 amide bonds. The summed E-state index contributed by atoms with van der Waals surface area (Å²) in [6.45, 7) is 4.32. The molecule has 1 unspecified atom stereocenters. The topological polar surface area (TPSA) is 87.5 Å². The molecule has 1 aliphatic rings. The van der Waals surface area contributed by atoms with Gasteiger partial charge >= 0.3 is 12.0 Å². The molecule has 3 rings (SSSR count). The maximum absolute atomic E-state index is 14.5. The number of urea groups is 1. The smallest absolute Gasteiger partial charge is 0.321 e. The number of carbonyl (C=O) groups is 2. The number of likely N-dealkylation sites (tertiary alicyclic amines) is 1. The van der Waals surface area contributed by atoms with Crippen LogP contribution in [0.15, 0.2) is 24.3 Å². The van der Waals surface area contributed by atoms with Gasteiger partial charge in [-0.1, -0.05) is 0 Å². The molecule has 0 bridgehead atoms. The van der Waals surface area contributed by atoms with E-state index < -0.39 is 23.7 Å². The van der Waals surface area contributed by atoms with Gasteiger partial charge in [0, 0.05) is 24.5 Å². The van der Waals surface area contributed by atoms with Crippen molar-refractivity contribution in [1.82, 2.24) is 14.7 Å². The summed E-state index contributed by atoms with van der Waals surface area (Å²) >= 11 is 0. The molecule has 2 aromatic rings. The van der Waals surface area contributed by atoms with Crippen LogP contribution in [-0.2, 0) is 4.79 Å². The summed E-state index contributed by atoms with van der Waals surface area (Å²) in [5.74, 6) is -1.96. The van der Waals surface area contributed by atoms with Crippen molar-refractivity contribution in [2.24, 2.45) is 5.92 Å². The maximum atomic E-state index is 14.5. The number of carboxylic acids is 1. The van der Waals surface area contributed by atoms with Gasteiger partial charge in [0.25, 0.3) is 0 Å². The molecule has 1 atom stereocenters. The molecule has 7 nitrogen and oxygen atoms in total. The summed E-state index contributed by atoms with van der Waals surface area (Å²) in [5.41, 5.74) is 2.22. The lowest BCUT2D eigenvalue weighted by Crippen LogP contribution is -2.44. The van der Waals surface area contributed by atoms with Crippen molar-refractivity contribution >= 4 is 17.7 Å². The number of benzene rings is 1. The largest absolute Gasteiger partial charge is 0.481 e. The summed E-state index contributed by atoms with van der Waals surface area (Å²) in [6, 6.07) is 5.83. The minimum absolute atomic E-state index is 0.160. The monoisotopic (exact) mass is 360 g/mol. The molecule has 0 saturated carbocycles. The van der Waals surface area contributed by atoms with E-state index in [2.05, 4.69) is 10.4 Å². The number of amides is 2. The number of nitrogens with one attached hydrogen (secondary N) is 1. The number of carboxylic acid groups (broad SMARTS) is 1. The van der Waals surface area contributed by atoms with E-state index in [1.165, 1.54) is 15.6 Å². The average molecular weight is 360 g/mol. The second kappa shape index (κ2) is 7.15. The number of halogens is 1. The molecule has 138 valence electrons. The molecule has 8 heteroatoms. The third kappa shape index (κ3) is 3.68. The maximum Gasteiger partial charge on any atom is 0.321 e. The molecule has 0 spiro atoms. The third-order valence-corrected chi connectivity index (χ3v) is 4.49. The van der Waals surface area contributed by atoms with E-state index in [9.17, 15) is 14.0 Å². The fourth-order valence-corrected chi connectivity index (χ4v) is 3.19. The number of aliphatic carboxylic acids is 1. The standard InChI is InChI=1S/C18H21FN4O3/c1-11-8-12(2)23(21-11)16-6-5-14(9-15(16)19)20-18(26)22-7-3-4-13(10-22)17(24)25/h5-6,8-9,13H,3-4,7,10H2,1-2H3,(H,20,26)(H,24,25). The number of hydrogen-bond donors (Lipinski definition) is 2. The Morgan fingerprint density at radius 3 is 2.69 bits per heavy atom. The van der Waals surface area contributed by atoms with Crippen LogP contribution >= 0.6 is 0 Å². The average Bonchev–Trinajstić information content (AvgIpc) is 2.93. The van der Waals surface area contributed by atoms with Crippen LogP contribution in [0.4, 0.5) is 14.9 Å². The van der Waals surface area contributed by atoms with Gasteiger partial charge < -0.3 is 15.3 Å². The number of aromatic nitrogens is 2. The molecule has 1 aliphatic heterocycles. The Kier molecular flexibility index (Phi) is 4.92. The van der Waals surface area contributed by atoms with Gasteiger partial charge in [-0.2, -0.15) is 5.10 Å². The van der Waals surface area contributed by atoms with Crippen LogP contribution < -0.4 is 5.32 Å². The van der Waals surface area contributed by atoms with Gasteiger partial charge in [-0.25, -0.2) is 13.9 Å². The Hall–Kier alpha value is -2.90. The first kappa shape index (κ1) is 17.9. The molecule has 1 aromatic carbocycles. The number of nitrogens with zero attached hydrogens (tertiary/aromatic N) is 3. The molecule has 1 aromatic heterocycles. The van der Waals surface area contributed by atoms with Gasteiger partial charge in [-0.15, -0.1) is 0 Å². The van der Waals surface area contributed by atoms with E-state index in [1.54, 1.807) is 12.1 Å². The highest BCUT2D eigenvalue weighted by molar-refractivity contribution is 5.90. The number of rotatable bonds is 3. The van der Waals surface area contributed by atoms with Gasteiger partial charge in [0.2, 0.25) is 0 Å². The minimum Gasteiger partial charge on any atom is -0.481 e. The summed E-state index contributed by atoms with van der Waals surface area (Å²) in [6.07, 6.45) is 1.20. The van der Waals surface area contributed by atoms with Crippen LogP contribution in [0.2, 0.25) is 0 Å². The Morgan fingerprint density at radius 1 is 1.31 bits per heavy atom. The number of carbonyl (C=O) groups excluding carboxylic acids is 1. The molecular formula is C18H21FN4O3. The lowest BCUT2D eigenvalue weighted by Gasteiger charge is -2.30. The molecule has 2 N–H and O–H groups in total. The van der Waals surface area contributed by atoms with Crippen LogP contribution in [0.3, 0.4) is 0 Å². The van der Waals surface area contributed by atoms with E-state index in [1.807, 2.05) is 19.9 Å². The normalized spacial score (nSPS) is 17.2. The van der Waals surface area contributed by atoms with Crippen molar-refractivity contribution in [3.63, 3.8) is 0 Å². The van der Waals surface area contributed by atoms with Crippen molar-refractivity contribution in [3.05, 3.63) is 41.5 Å². The second-order valence-electron chi connectivity index (χ2n) is 6.56. The Balaban J connectivity index is 1.72. The Labute approximate surface area is 150 Å². The zero-order valence-electron chi connectivity index (χ0n) is 14.7. The summed E-state index contributed by atoms with van der Waals surface area (Å²) in [7, 11) is 0. The van der Waals surface area contributed by atoms with Gasteiger partial charge in [0.15, 0.2) is 5.82 Å². The Morgan fingerprint density at radius 2 is 2.08 bits per heavy atom. The minimum atomic E-state index is -0.900. The highest BCUT2D eigenvalue weighted by Crippen LogP contribution is 2.21. The number of piperidine rings is 1. The van der Waals surface area contributed by atoms with Gasteiger partial charge in [-0.05, 0) is 51.0 Å². The predicted molar refractivity (Wildman–Crippen MR) is 93.9 cm³/mol. The van der Waals surface area contributed by atoms with Crippen molar-refractivity contribution in [1.29, 1.82) is 0 Å². The summed E-state index contributed by atoms with van der Waals surface area (Å²) in [4.78, 5) is 24.9. The van der Waals surface area contributed by atoms with Crippen molar-refractivity contribution in [2.75, 3.05) is 18.4 Å². The van der Waals surface area contributed by atoms with E-state index in [4.69, 9.17) is 5.11 Å². The van der Waals surface area contributed by atoms with E-state index in [0.717, 1.165) is 11.4 Å². The summed E-state index contributed by atoms with van der Waals surface area (Å²) < 4.78 is 16.0. The molecule has 0 radical (unpaired) electrons. The van der Waals surface area contributed by atoms with E-state index >= 15 is 0 Å². The SMILES string of the molecule is Cc1cc(C)n(-c2ccc(NC(=O)N3CCCC(C(=O)O)C3)cc2F)n1. The zero-order valence-corrected chi connectivity index (χ0v) is 14.7. The summed E-state index contributed by atoms with van der Waals surface area (Å²) in [5, 5.41) is 16.0. The quantitative estimate of drug-likeness (QED) is 0.881. The lowest BCUT2D eigenvalue weighted by atomic mass is 9.99. The molecule has 1 fully saturated rings. The second-order valence-corrected chi connectivity index (χ2v) is 6.56. The van der Waals surface area contributed by atoms with E-state index in [-0.39, 0.29) is 6.54 Å². The van der Waals surface area contributed by atoms with Crippen LogP contribution in [0.5, 0.6) is 0 Å². The van der Waals surface area contributed by atoms with E-state index in [0.29, 0.717) is 30.8 Å². The number of hydrogen-bond acceptors (Lipinski definition) is 3. The fraction of sp³-hybridized carbons (Fsp3) is 0.389. The highest BCUT2D eigenvalue weighted by atomic mass is 19.1. The van der Waals surface area contributed by atoms with Crippen molar-refractivity contribution in [2.45, 2.75) is 26.7 Å². The number of aryl methyl sites for hydroxylation is 2. The van der Waals surface area contributed by atoms with Crippen LogP contribution in [-0.4, -0.2) is 44.9 Å². The first-order chi connectivity index (χ1) is 12.3. The number of anilines is 1. The zero-order chi connectivity index (χ0) is 18.8. The lowest BCUT2D eigenvalue weighted by molar-refractivity contribution is -0.143. The van der Waals surface area contributed by atoms with Crippen LogP contribution in [0, 0.1) is 25.6 Å². The Bertz CT molecular complexity index is 849. The van der Waals surface area contributed by atoms with Gasteiger partial charge in [0.1, 0.15) is 5.69 Å². The van der Waals surface area contributed by atoms with Crippen molar-refractivity contribution in [3.8, 4) is 5.69 Å². The first-order valence-corrected chi connectivity index (χ1v) is 8.47. The third-order valence-electron chi connectivity index (χ3n) is 4.49. The molecular weight excluding hydrogens is 339 g/mol. The fourth-order valence-electron chi connectivity index (χ4n) is 3.19. The van der Waals surface area contributed by atoms with Crippen molar-refractivity contribution < 1.29 is 19.1 Å². The highest BCUT2D eigenvalue weighted by Gasteiger charge is 2.28. The molecule has 0 aliphatic carbocycles. The molecule has 2 heterocycles. The molecule has 1 saturated heterocycles. The first-order valence-electron chi connectivity index (χ1n) is 8.47. The van der Waals surface area contributed by atoms with Gasteiger partial charge in [0.05, 0.1) is 11.6 Å². The molecule has 26 heavy (non-hydrogen) atoms. The van der Waals surface area contributed by atoms with Crippen LogP contribution in [0.25, 0.3) is 5.69 Å². The van der Waals surface area contributed by atoms with Gasteiger partial charge in [-0.3, -0.25) is 4.79 Å². The predicted octanol–water partition coefficient (Wildman–Crippen LogP) is 2.96.